The molecule has 0 aliphatic heterocycles. The Labute approximate surface area is 182 Å². The second kappa shape index (κ2) is 8.39. The van der Waals surface area contributed by atoms with E-state index in [9.17, 15) is 0 Å². The van der Waals surface area contributed by atoms with Gasteiger partial charge in [0.15, 0.2) is 0 Å². The van der Waals surface area contributed by atoms with Crippen molar-refractivity contribution in [1.29, 1.82) is 0 Å². The van der Waals surface area contributed by atoms with Crippen LogP contribution in [-0.2, 0) is 16.2 Å². The number of benzene rings is 1. The van der Waals surface area contributed by atoms with Crippen LogP contribution in [0.25, 0.3) is 0 Å². The molecule has 0 saturated carbocycles. The van der Waals surface area contributed by atoms with Crippen molar-refractivity contribution in [2.45, 2.75) is 98.2 Å². The highest BCUT2D eigenvalue weighted by Crippen LogP contribution is 2.53. The Morgan fingerprint density at radius 3 is 1.37 bits per heavy atom. The zero-order chi connectivity index (χ0) is 21.6. The fraction of sp³-hybridized carbons (Fsp3) is 0.682. The van der Waals surface area contributed by atoms with Gasteiger partial charge in [0.05, 0.1) is 8.07 Å². The SMILES string of the molecule is CC(C)(C)c1cc(C(C)(C)C)c(P=C(P(Cl)Cl)[Si](C)(C)C)c(C(C)(C)C)c1. The summed E-state index contributed by atoms with van der Waals surface area (Å²) in [6.07, 6.45) is 0. The van der Waals surface area contributed by atoms with Gasteiger partial charge in [0.2, 0.25) is 0 Å². The van der Waals surface area contributed by atoms with Gasteiger partial charge in [-0.1, -0.05) is 125 Å². The molecule has 154 valence electrons. The van der Waals surface area contributed by atoms with Gasteiger partial charge < -0.3 is 0 Å². The molecule has 0 nitrogen and oxygen atoms in total. The maximum atomic E-state index is 6.54. The lowest BCUT2D eigenvalue weighted by molar-refractivity contribution is 0.554. The molecule has 1 rings (SSSR count). The first-order valence-electron chi connectivity index (χ1n) is 9.66. The van der Waals surface area contributed by atoms with Crippen LogP contribution >= 0.6 is 37.3 Å². The van der Waals surface area contributed by atoms with Gasteiger partial charge in [0.1, 0.15) is 6.63 Å². The third-order valence-corrected chi connectivity index (χ3v) is 15.7. The minimum Gasteiger partial charge on any atom is -0.0731 e. The van der Waals surface area contributed by atoms with Crippen LogP contribution in [0.5, 0.6) is 0 Å². The van der Waals surface area contributed by atoms with E-state index in [1.165, 1.54) is 34.9 Å². The van der Waals surface area contributed by atoms with Gasteiger partial charge in [-0.05, 0) is 37.6 Å². The first kappa shape index (κ1) is 25.7. The molecule has 0 radical (unpaired) electrons. The Kier molecular flexibility index (Phi) is 7.98. The van der Waals surface area contributed by atoms with E-state index in [2.05, 4.69) is 94.1 Å². The standard InChI is InChI=1S/C22H38Cl2P2Si/c1-20(2,3)15-13-16(21(4,5)6)18(17(14-15)22(7,8)9)25-19(26(23)24)27(10,11)12/h13-14H,1-12H3. The summed E-state index contributed by atoms with van der Waals surface area (Å²) in [4.78, 5) is 0. The summed E-state index contributed by atoms with van der Waals surface area (Å²) < 4.78 is 1.36. The zero-order valence-corrected chi connectivity index (χ0v) is 23.6. The number of hydrogen-bond acceptors (Lipinski definition) is 0. The minimum atomic E-state index is -1.58. The van der Waals surface area contributed by atoms with Gasteiger partial charge in [0.25, 0.3) is 0 Å². The van der Waals surface area contributed by atoms with E-state index in [4.69, 9.17) is 22.5 Å². The molecule has 0 saturated heterocycles. The van der Waals surface area contributed by atoms with Crippen LogP contribution in [0.4, 0.5) is 0 Å². The largest absolute Gasteiger partial charge is 0.113 e. The van der Waals surface area contributed by atoms with E-state index in [-0.39, 0.29) is 16.2 Å². The van der Waals surface area contributed by atoms with Gasteiger partial charge in [-0.2, -0.15) is 0 Å². The van der Waals surface area contributed by atoms with Crippen LogP contribution in [0.15, 0.2) is 12.1 Å². The Hall–Kier alpha value is 0.617. The molecule has 0 bridgehead atoms. The number of rotatable bonds is 3. The summed E-state index contributed by atoms with van der Waals surface area (Å²) in [6, 6.07) is 4.87. The monoisotopic (exact) mass is 462 g/mol. The van der Waals surface area contributed by atoms with Crippen molar-refractivity contribution in [3.8, 4) is 0 Å². The Bertz CT molecular complexity index is 675. The van der Waals surface area contributed by atoms with Gasteiger partial charge in [-0.3, -0.25) is 0 Å². The molecule has 0 atom stereocenters. The predicted molar refractivity (Wildman–Crippen MR) is 136 cm³/mol. The van der Waals surface area contributed by atoms with E-state index in [0.29, 0.717) is 0 Å². The van der Waals surface area contributed by atoms with Crippen molar-refractivity contribution < 1.29 is 0 Å². The van der Waals surface area contributed by atoms with Crippen molar-refractivity contribution >= 4 is 55.3 Å². The van der Waals surface area contributed by atoms with E-state index in [0.717, 1.165) is 0 Å². The summed E-state index contributed by atoms with van der Waals surface area (Å²) in [6.45, 7) is 26.8. The molecule has 0 aliphatic carbocycles. The molecule has 0 amide bonds. The highest BCUT2D eigenvalue weighted by atomic mass is 35.9. The van der Waals surface area contributed by atoms with E-state index < -0.39 is 14.7 Å². The molecule has 0 fully saturated rings. The molecule has 27 heavy (non-hydrogen) atoms. The average molecular weight is 463 g/mol. The third kappa shape index (κ3) is 6.82. The van der Waals surface area contributed by atoms with E-state index >= 15 is 0 Å². The molecule has 0 unspecified atom stereocenters. The van der Waals surface area contributed by atoms with E-state index in [1.807, 2.05) is 0 Å². The molecule has 1 aromatic rings. The zero-order valence-electron chi connectivity index (χ0n) is 19.3. The quantitative estimate of drug-likeness (QED) is 0.310. The topological polar surface area (TPSA) is 0 Å². The molecule has 0 aromatic heterocycles. The van der Waals surface area contributed by atoms with Gasteiger partial charge in [-0.15, -0.1) is 0 Å². The third-order valence-electron chi connectivity index (χ3n) is 4.64. The van der Waals surface area contributed by atoms with Gasteiger partial charge in [0, 0.05) is 5.30 Å². The van der Waals surface area contributed by atoms with Crippen LogP contribution in [0.2, 0.25) is 19.6 Å². The van der Waals surface area contributed by atoms with Crippen molar-refractivity contribution in [3.63, 3.8) is 0 Å². The molecule has 1 aromatic carbocycles. The second-order valence-electron chi connectivity index (χ2n) is 11.6. The first-order chi connectivity index (χ1) is 11.8. The van der Waals surface area contributed by atoms with Crippen LogP contribution < -0.4 is 5.30 Å². The van der Waals surface area contributed by atoms with Crippen molar-refractivity contribution in [2.75, 3.05) is 0 Å². The molecule has 5 heteroatoms. The lowest BCUT2D eigenvalue weighted by Crippen LogP contribution is -2.33. The summed E-state index contributed by atoms with van der Waals surface area (Å²) in [5.74, 6) is 0. The number of halogens is 2. The van der Waals surface area contributed by atoms with Crippen LogP contribution in [0.3, 0.4) is 0 Å². The van der Waals surface area contributed by atoms with Gasteiger partial charge in [-0.25, -0.2) is 0 Å². The molecule has 0 aliphatic rings. The molecule has 0 heterocycles. The highest BCUT2D eigenvalue weighted by Gasteiger charge is 2.31. The van der Waals surface area contributed by atoms with E-state index in [1.54, 1.807) is 0 Å². The summed E-state index contributed by atoms with van der Waals surface area (Å²) in [7, 11) is -0.343. The van der Waals surface area contributed by atoms with Crippen LogP contribution in [0.1, 0.15) is 79.0 Å². The number of hydrogen-bond donors (Lipinski definition) is 0. The lowest BCUT2D eigenvalue weighted by Gasteiger charge is -2.33. The summed E-state index contributed by atoms with van der Waals surface area (Å²) >= 11 is 13.1. The molecular formula is C22H38Cl2P2Si. The van der Waals surface area contributed by atoms with Crippen LogP contribution in [-0.4, -0.2) is 12.7 Å². The maximum Gasteiger partial charge on any atom is 0.113 e. The Morgan fingerprint density at radius 2 is 1.15 bits per heavy atom. The summed E-state index contributed by atoms with van der Waals surface area (Å²) in [5.41, 5.74) is 4.52. The summed E-state index contributed by atoms with van der Waals surface area (Å²) in [5, 5.41) is 1.43. The van der Waals surface area contributed by atoms with Crippen molar-refractivity contribution in [2.24, 2.45) is 0 Å². The lowest BCUT2D eigenvalue weighted by atomic mass is 9.75. The predicted octanol–water partition coefficient (Wildman–Crippen LogP) is 8.95. The molecular weight excluding hydrogens is 425 g/mol. The molecule has 0 N–H and O–H groups in total. The van der Waals surface area contributed by atoms with Crippen molar-refractivity contribution in [3.05, 3.63) is 28.8 Å². The first-order valence-corrected chi connectivity index (χ1v) is 17.2. The Morgan fingerprint density at radius 1 is 0.778 bits per heavy atom. The normalized spacial score (nSPS) is 14.9. The Balaban J connectivity index is 4.07. The molecule has 0 spiro atoms. The highest BCUT2D eigenvalue weighted by molar-refractivity contribution is 8.22. The van der Waals surface area contributed by atoms with Crippen molar-refractivity contribution in [1.82, 2.24) is 0 Å². The fourth-order valence-corrected chi connectivity index (χ4v) is 13.7. The average Bonchev–Trinajstić information content (AvgIpc) is 2.38. The minimum absolute atomic E-state index is 0.0650. The smallest absolute Gasteiger partial charge is 0.0731 e. The van der Waals surface area contributed by atoms with Crippen LogP contribution in [0, 0.1) is 0 Å². The maximum absolute atomic E-state index is 6.54. The fourth-order valence-electron chi connectivity index (χ4n) is 2.90. The second-order valence-corrected chi connectivity index (χ2v) is 22.4. The van der Waals surface area contributed by atoms with Gasteiger partial charge >= 0.3 is 0 Å².